The molecule has 1 aromatic carbocycles. The van der Waals surface area contributed by atoms with E-state index in [1.165, 1.54) is 0 Å². The zero-order valence-electron chi connectivity index (χ0n) is 13.3. The lowest BCUT2D eigenvalue weighted by Gasteiger charge is -2.06. The van der Waals surface area contributed by atoms with E-state index in [2.05, 4.69) is 20.8 Å². The molecule has 7 nitrogen and oxygen atoms in total. The number of benzene rings is 1. The fraction of sp³-hybridized carbons (Fsp3) is 0.188. The van der Waals surface area contributed by atoms with Gasteiger partial charge in [-0.1, -0.05) is 0 Å². The molecular weight excluding hydrogens is 326 g/mol. The van der Waals surface area contributed by atoms with Crippen LogP contribution in [0.5, 0.6) is 5.75 Å². The van der Waals surface area contributed by atoms with Gasteiger partial charge in [-0.05, 0) is 62.5 Å². The number of H-pyrrole nitrogens is 1. The number of hydrazone groups is 1. The molecule has 3 aromatic rings. The molecule has 0 saturated heterocycles. The lowest BCUT2D eigenvalue weighted by molar-refractivity contribution is 0.340. The third-order valence-electron chi connectivity index (χ3n) is 3.21. The van der Waals surface area contributed by atoms with E-state index in [0.29, 0.717) is 23.0 Å². The van der Waals surface area contributed by atoms with Crippen LogP contribution in [-0.2, 0) is 0 Å². The molecule has 0 aliphatic carbocycles. The van der Waals surface area contributed by atoms with Crippen LogP contribution < -0.4 is 10.3 Å². The van der Waals surface area contributed by atoms with E-state index in [-0.39, 0.29) is 0 Å². The predicted octanol–water partition coefficient (Wildman–Crippen LogP) is 3.49. The van der Waals surface area contributed by atoms with Gasteiger partial charge < -0.3 is 9.15 Å². The molecule has 0 radical (unpaired) electrons. The van der Waals surface area contributed by atoms with Crippen LogP contribution in [0.25, 0.3) is 11.4 Å². The number of hydrogen-bond donors (Lipinski definition) is 2. The van der Waals surface area contributed by atoms with E-state index in [0.717, 1.165) is 17.1 Å². The number of nitrogens with one attached hydrogen (secondary N) is 2. The van der Waals surface area contributed by atoms with Crippen LogP contribution in [0.2, 0.25) is 0 Å². The topological polar surface area (TPSA) is 80.4 Å². The summed E-state index contributed by atoms with van der Waals surface area (Å²) in [6.07, 6.45) is 1.57. The lowest BCUT2D eigenvalue weighted by Crippen LogP contribution is -2.10. The van der Waals surface area contributed by atoms with Crippen LogP contribution in [0.3, 0.4) is 0 Å². The van der Waals surface area contributed by atoms with Crippen molar-refractivity contribution in [2.24, 2.45) is 5.10 Å². The zero-order chi connectivity index (χ0) is 16.9. The first kappa shape index (κ1) is 16.0. The van der Waals surface area contributed by atoms with Crippen molar-refractivity contribution in [3.8, 4) is 17.1 Å². The first-order valence-corrected chi connectivity index (χ1v) is 7.84. The summed E-state index contributed by atoms with van der Waals surface area (Å²) in [5, 5.41) is 11.1. The van der Waals surface area contributed by atoms with E-state index in [4.69, 9.17) is 21.4 Å². The van der Waals surface area contributed by atoms with Gasteiger partial charge in [0, 0.05) is 5.56 Å². The van der Waals surface area contributed by atoms with Crippen LogP contribution in [0.4, 0.5) is 0 Å². The summed E-state index contributed by atoms with van der Waals surface area (Å²) in [6, 6.07) is 11.3. The smallest absolute Gasteiger partial charge is 0.216 e. The molecule has 2 aromatic heterocycles. The Hall–Kier alpha value is -2.87. The third-order valence-corrected chi connectivity index (χ3v) is 3.48. The normalized spacial score (nSPS) is 11.1. The van der Waals surface area contributed by atoms with Crippen molar-refractivity contribution < 1.29 is 9.15 Å². The largest absolute Gasteiger partial charge is 0.494 e. The molecule has 0 amide bonds. The maximum Gasteiger partial charge on any atom is 0.216 e. The second kappa shape index (κ2) is 7.14. The van der Waals surface area contributed by atoms with Crippen molar-refractivity contribution in [3.63, 3.8) is 0 Å². The summed E-state index contributed by atoms with van der Waals surface area (Å²) in [7, 11) is 0. The Balaban J connectivity index is 1.80. The van der Waals surface area contributed by atoms with E-state index in [1.54, 1.807) is 10.9 Å². The number of ether oxygens (including phenoxy) is 1. The van der Waals surface area contributed by atoms with Gasteiger partial charge in [-0.15, -0.1) is 0 Å². The van der Waals surface area contributed by atoms with Gasteiger partial charge in [0.15, 0.2) is 5.82 Å². The van der Waals surface area contributed by atoms with Crippen molar-refractivity contribution >= 4 is 18.4 Å². The average Bonchev–Trinajstić information content (AvgIpc) is 3.15. The summed E-state index contributed by atoms with van der Waals surface area (Å²) in [5.41, 5.74) is 3.73. The fourth-order valence-corrected chi connectivity index (χ4v) is 2.30. The van der Waals surface area contributed by atoms with Crippen molar-refractivity contribution in [3.05, 3.63) is 52.7 Å². The Morgan fingerprint density at radius 3 is 2.79 bits per heavy atom. The highest BCUT2D eigenvalue weighted by atomic mass is 32.1. The van der Waals surface area contributed by atoms with Gasteiger partial charge in [0.1, 0.15) is 17.3 Å². The molecule has 124 valence electrons. The van der Waals surface area contributed by atoms with E-state index < -0.39 is 0 Å². The molecule has 0 unspecified atom stereocenters. The van der Waals surface area contributed by atoms with Gasteiger partial charge in [0.05, 0.1) is 12.8 Å². The van der Waals surface area contributed by atoms with E-state index in [1.807, 2.05) is 50.2 Å². The first-order chi connectivity index (χ1) is 11.7. The SMILES string of the molecule is CCOc1ccc(-c2n[nH]c(=S)n2N/N=C\c2ccc(C)o2)cc1. The maximum absolute atomic E-state index is 5.44. The molecule has 2 N–H and O–H groups in total. The van der Waals surface area contributed by atoms with Crippen LogP contribution in [0, 0.1) is 11.7 Å². The number of aromatic amines is 1. The van der Waals surface area contributed by atoms with Crippen molar-refractivity contribution in [1.29, 1.82) is 0 Å². The summed E-state index contributed by atoms with van der Waals surface area (Å²) < 4.78 is 12.9. The monoisotopic (exact) mass is 343 g/mol. The van der Waals surface area contributed by atoms with Gasteiger partial charge in [-0.25, -0.2) is 10.6 Å². The second-order valence-electron chi connectivity index (χ2n) is 4.95. The lowest BCUT2D eigenvalue weighted by atomic mass is 10.2. The number of aryl methyl sites for hydroxylation is 1. The molecule has 2 heterocycles. The quantitative estimate of drug-likeness (QED) is 0.407. The van der Waals surface area contributed by atoms with Crippen LogP contribution in [0.1, 0.15) is 18.4 Å². The molecule has 0 aliphatic rings. The standard InChI is InChI=1S/C16H17N5O2S/c1-3-22-13-8-5-12(6-9-13)15-18-19-16(24)21(15)20-17-10-14-7-4-11(2)23-14/h4-10,20H,3H2,1-2H3,(H,19,24)/b17-10-. The van der Waals surface area contributed by atoms with Gasteiger partial charge in [-0.3, -0.25) is 0 Å². The van der Waals surface area contributed by atoms with E-state index >= 15 is 0 Å². The molecule has 0 saturated carbocycles. The molecule has 8 heteroatoms. The molecule has 0 atom stereocenters. The highest BCUT2D eigenvalue weighted by Gasteiger charge is 2.08. The molecule has 0 aliphatic heterocycles. The molecule has 3 rings (SSSR count). The number of nitrogens with zero attached hydrogens (tertiary/aromatic N) is 3. The summed E-state index contributed by atoms with van der Waals surface area (Å²) in [5.74, 6) is 2.90. The van der Waals surface area contributed by atoms with Crippen molar-refractivity contribution in [2.75, 3.05) is 12.1 Å². The van der Waals surface area contributed by atoms with Gasteiger partial charge in [-0.2, -0.15) is 14.9 Å². The Bertz CT molecular complexity index is 892. The minimum Gasteiger partial charge on any atom is -0.494 e. The van der Waals surface area contributed by atoms with Crippen LogP contribution in [-0.4, -0.2) is 27.7 Å². The Labute approximate surface area is 143 Å². The zero-order valence-corrected chi connectivity index (χ0v) is 14.1. The van der Waals surface area contributed by atoms with Gasteiger partial charge in [0.2, 0.25) is 4.77 Å². The number of hydrogen-bond acceptors (Lipinski definition) is 6. The molecular formula is C16H17N5O2S. The Morgan fingerprint density at radius 2 is 2.12 bits per heavy atom. The minimum absolute atomic E-state index is 0.409. The summed E-state index contributed by atoms with van der Waals surface area (Å²) in [6.45, 7) is 4.45. The molecule has 24 heavy (non-hydrogen) atoms. The average molecular weight is 343 g/mol. The summed E-state index contributed by atoms with van der Waals surface area (Å²) >= 11 is 5.23. The minimum atomic E-state index is 0.409. The van der Waals surface area contributed by atoms with E-state index in [9.17, 15) is 0 Å². The second-order valence-corrected chi connectivity index (χ2v) is 5.34. The number of furan rings is 1. The number of aromatic nitrogens is 3. The Kier molecular flexibility index (Phi) is 4.76. The highest BCUT2D eigenvalue weighted by Crippen LogP contribution is 2.20. The van der Waals surface area contributed by atoms with Gasteiger partial charge in [0.25, 0.3) is 0 Å². The van der Waals surface area contributed by atoms with Crippen molar-refractivity contribution in [1.82, 2.24) is 14.9 Å². The van der Waals surface area contributed by atoms with Crippen LogP contribution in [0.15, 0.2) is 45.9 Å². The third kappa shape index (κ3) is 3.54. The number of rotatable bonds is 6. The Morgan fingerprint density at radius 1 is 1.33 bits per heavy atom. The predicted molar refractivity (Wildman–Crippen MR) is 94.4 cm³/mol. The first-order valence-electron chi connectivity index (χ1n) is 7.43. The molecule has 0 bridgehead atoms. The molecule has 0 fully saturated rings. The highest BCUT2D eigenvalue weighted by molar-refractivity contribution is 7.71. The maximum atomic E-state index is 5.44. The van der Waals surface area contributed by atoms with Crippen LogP contribution >= 0.6 is 12.2 Å². The van der Waals surface area contributed by atoms with Crippen molar-refractivity contribution in [2.45, 2.75) is 13.8 Å². The molecule has 0 spiro atoms. The van der Waals surface area contributed by atoms with Gasteiger partial charge >= 0.3 is 0 Å². The fourth-order valence-electron chi connectivity index (χ4n) is 2.12. The summed E-state index contributed by atoms with van der Waals surface area (Å²) in [4.78, 5) is 0.